The van der Waals surface area contributed by atoms with E-state index in [1.807, 2.05) is 43.0 Å². The third-order valence-electron chi connectivity index (χ3n) is 6.12. The standard InChI is InChI=1S/C24H36N2O4/c1-16(2)20(25-21(27)17-6-8-19(9-7-17)24(3,4)5)22(28)26-12-10-18(11-13-26)23-29-14-15-30-23/h6-9,16,18,20,23H,10-15H2,1-5H3,(H,25,27). The van der Waals surface area contributed by atoms with Crippen molar-refractivity contribution in [2.75, 3.05) is 26.3 Å². The maximum absolute atomic E-state index is 13.2. The van der Waals surface area contributed by atoms with Gasteiger partial charge in [-0.25, -0.2) is 0 Å². The average molecular weight is 417 g/mol. The van der Waals surface area contributed by atoms with Crippen molar-refractivity contribution in [2.45, 2.75) is 65.2 Å². The minimum Gasteiger partial charge on any atom is -0.350 e. The maximum atomic E-state index is 13.2. The second-order valence-corrected chi connectivity index (χ2v) is 9.80. The highest BCUT2D eigenvalue weighted by atomic mass is 16.7. The molecule has 2 aliphatic heterocycles. The maximum Gasteiger partial charge on any atom is 0.251 e. The molecule has 0 aromatic heterocycles. The van der Waals surface area contributed by atoms with Crippen LogP contribution in [0, 0.1) is 11.8 Å². The van der Waals surface area contributed by atoms with Crippen LogP contribution in [-0.4, -0.2) is 55.3 Å². The molecule has 30 heavy (non-hydrogen) atoms. The quantitative estimate of drug-likeness (QED) is 0.799. The van der Waals surface area contributed by atoms with Gasteiger partial charge in [-0.2, -0.15) is 0 Å². The lowest BCUT2D eigenvalue weighted by Gasteiger charge is -2.36. The first kappa shape index (κ1) is 22.8. The van der Waals surface area contributed by atoms with Gasteiger partial charge in [0.05, 0.1) is 13.2 Å². The molecular weight excluding hydrogens is 380 g/mol. The summed E-state index contributed by atoms with van der Waals surface area (Å²) in [4.78, 5) is 27.9. The molecule has 2 fully saturated rings. The Kier molecular flexibility index (Phi) is 7.19. The fourth-order valence-corrected chi connectivity index (χ4v) is 4.10. The van der Waals surface area contributed by atoms with Crippen molar-refractivity contribution in [3.63, 3.8) is 0 Å². The number of carbonyl (C=O) groups excluding carboxylic acids is 2. The van der Waals surface area contributed by atoms with Crippen molar-refractivity contribution in [3.8, 4) is 0 Å². The highest BCUT2D eigenvalue weighted by Gasteiger charge is 2.35. The molecule has 166 valence electrons. The fraction of sp³-hybridized carbons (Fsp3) is 0.667. The molecule has 3 rings (SSSR count). The van der Waals surface area contributed by atoms with Gasteiger partial charge in [0.1, 0.15) is 6.04 Å². The van der Waals surface area contributed by atoms with Crippen LogP contribution in [0.4, 0.5) is 0 Å². The number of ether oxygens (including phenoxy) is 2. The number of piperidine rings is 1. The van der Waals surface area contributed by atoms with E-state index in [1.165, 1.54) is 5.56 Å². The molecule has 0 saturated carbocycles. The number of benzene rings is 1. The summed E-state index contributed by atoms with van der Waals surface area (Å²) < 4.78 is 11.2. The molecular formula is C24H36N2O4. The molecule has 1 atom stereocenters. The molecule has 2 saturated heterocycles. The van der Waals surface area contributed by atoms with E-state index < -0.39 is 6.04 Å². The Morgan fingerprint density at radius 2 is 1.60 bits per heavy atom. The zero-order chi connectivity index (χ0) is 21.9. The van der Waals surface area contributed by atoms with Crippen LogP contribution in [0.1, 0.15) is 63.4 Å². The monoisotopic (exact) mass is 416 g/mol. The van der Waals surface area contributed by atoms with E-state index in [1.54, 1.807) is 0 Å². The number of hydrogen-bond acceptors (Lipinski definition) is 4. The summed E-state index contributed by atoms with van der Waals surface area (Å²) >= 11 is 0. The molecule has 1 N–H and O–H groups in total. The van der Waals surface area contributed by atoms with Crippen LogP contribution in [0.2, 0.25) is 0 Å². The van der Waals surface area contributed by atoms with Crippen LogP contribution in [0.5, 0.6) is 0 Å². The minimum atomic E-state index is -0.532. The summed E-state index contributed by atoms with van der Waals surface area (Å²) in [6.07, 6.45) is 1.60. The summed E-state index contributed by atoms with van der Waals surface area (Å²) in [5.41, 5.74) is 1.79. The highest BCUT2D eigenvalue weighted by Crippen LogP contribution is 2.27. The van der Waals surface area contributed by atoms with Crippen molar-refractivity contribution < 1.29 is 19.1 Å². The zero-order valence-electron chi connectivity index (χ0n) is 18.9. The molecule has 2 aliphatic rings. The number of hydrogen-bond donors (Lipinski definition) is 1. The Bertz CT molecular complexity index is 725. The SMILES string of the molecule is CC(C)C(NC(=O)c1ccc(C(C)(C)C)cc1)C(=O)N1CCC(C2OCCO2)CC1. The molecule has 6 heteroatoms. The first-order valence-corrected chi connectivity index (χ1v) is 11.1. The van der Waals surface area contributed by atoms with Gasteiger partial charge in [0, 0.05) is 24.6 Å². The Balaban J connectivity index is 1.60. The molecule has 1 unspecified atom stereocenters. The number of likely N-dealkylation sites (tertiary alicyclic amines) is 1. The van der Waals surface area contributed by atoms with Crippen LogP contribution in [0.3, 0.4) is 0 Å². The van der Waals surface area contributed by atoms with Gasteiger partial charge in [0.25, 0.3) is 5.91 Å². The van der Waals surface area contributed by atoms with Gasteiger partial charge in [-0.05, 0) is 41.9 Å². The second kappa shape index (κ2) is 9.48. The Hall–Kier alpha value is -1.92. The summed E-state index contributed by atoms with van der Waals surface area (Å²) in [5.74, 6) is 0.140. The molecule has 2 heterocycles. The predicted molar refractivity (Wildman–Crippen MR) is 116 cm³/mol. The smallest absolute Gasteiger partial charge is 0.251 e. The Morgan fingerprint density at radius 1 is 1.03 bits per heavy atom. The lowest BCUT2D eigenvalue weighted by atomic mass is 9.86. The van der Waals surface area contributed by atoms with E-state index >= 15 is 0 Å². The number of carbonyl (C=O) groups is 2. The Morgan fingerprint density at radius 3 is 2.10 bits per heavy atom. The third kappa shape index (κ3) is 5.41. The van der Waals surface area contributed by atoms with Gasteiger partial charge < -0.3 is 19.7 Å². The van der Waals surface area contributed by atoms with Gasteiger partial charge in [0.2, 0.25) is 5.91 Å². The lowest BCUT2D eigenvalue weighted by Crippen LogP contribution is -2.53. The topological polar surface area (TPSA) is 67.9 Å². The van der Waals surface area contributed by atoms with Crippen molar-refractivity contribution in [1.82, 2.24) is 10.2 Å². The van der Waals surface area contributed by atoms with Crippen LogP contribution in [0.15, 0.2) is 24.3 Å². The average Bonchev–Trinajstić information content (AvgIpc) is 3.25. The van der Waals surface area contributed by atoms with E-state index in [9.17, 15) is 9.59 Å². The van der Waals surface area contributed by atoms with Gasteiger partial charge in [-0.15, -0.1) is 0 Å². The van der Waals surface area contributed by atoms with Crippen LogP contribution >= 0.6 is 0 Å². The summed E-state index contributed by atoms with van der Waals surface area (Å²) in [6.45, 7) is 13.0. The van der Waals surface area contributed by atoms with E-state index in [-0.39, 0.29) is 29.4 Å². The molecule has 0 bridgehead atoms. The summed E-state index contributed by atoms with van der Waals surface area (Å²) in [6, 6.07) is 7.11. The van der Waals surface area contributed by atoms with E-state index in [0.29, 0.717) is 37.8 Å². The Labute approximate surface area is 180 Å². The molecule has 1 aromatic carbocycles. The first-order chi connectivity index (χ1) is 14.2. The molecule has 0 spiro atoms. The molecule has 0 radical (unpaired) electrons. The van der Waals surface area contributed by atoms with E-state index in [4.69, 9.17) is 9.47 Å². The normalized spacial score (nSPS) is 19.9. The van der Waals surface area contributed by atoms with Crippen molar-refractivity contribution in [2.24, 2.45) is 11.8 Å². The predicted octanol–water partition coefficient (Wildman–Crippen LogP) is 3.35. The summed E-state index contributed by atoms with van der Waals surface area (Å²) in [7, 11) is 0. The molecule has 1 aromatic rings. The van der Waals surface area contributed by atoms with Gasteiger partial charge in [-0.3, -0.25) is 9.59 Å². The number of rotatable bonds is 5. The fourth-order valence-electron chi connectivity index (χ4n) is 4.10. The van der Waals surface area contributed by atoms with E-state index in [0.717, 1.165) is 12.8 Å². The number of amides is 2. The van der Waals surface area contributed by atoms with Crippen molar-refractivity contribution >= 4 is 11.8 Å². The van der Waals surface area contributed by atoms with Gasteiger partial charge >= 0.3 is 0 Å². The molecule has 0 aliphatic carbocycles. The molecule has 6 nitrogen and oxygen atoms in total. The number of nitrogens with zero attached hydrogens (tertiary/aromatic N) is 1. The third-order valence-corrected chi connectivity index (χ3v) is 6.12. The minimum absolute atomic E-state index is 0.00336. The van der Waals surface area contributed by atoms with E-state index in [2.05, 4.69) is 26.1 Å². The van der Waals surface area contributed by atoms with Crippen LogP contribution in [0.25, 0.3) is 0 Å². The number of nitrogens with one attached hydrogen (secondary N) is 1. The van der Waals surface area contributed by atoms with Gasteiger partial charge in [0.15, 0.2) is 6.29 Å². The van der Waals surface area contributed by atoms with Crippen LogP contribution in [-0.2, 0) is 19.7 Å². The summed E-state index contributed by atoms with van der Waals surface area (Å²) in [5, 5.41) is 2.97. The lowest BCUT2D eigenvalue weighted by molar-refractivity contribution is -0.139. The van der Waals surface area contributed by atoms with Crippen molar-refractivity contribution in [1.29, 1.82) is 0 Å². The highest BCUT2D eigenvalue weighted by molar-refractivity contribution is 5.97. The molecule has 2 amide bonds. The van der Waals surface area contributed by atoms with Crippen molar-refractivity contribution in [3.05, 3.63) is 35.4 Å². The zero-order valence-corrected chi connectivity index (χ0v) is 18.9. The largest absolute Gasteiger partial charge is 0.350 e. The van der Waals surface area contributed by atoms with Crippen LogP contribution < -0.4 is 5.32 Å². The first-order valence-electron chi connectivity index (χ1n) is 11.1. The second-order valence-electron chi connectivity index (χ2n) is 9.80. The van der Waals surface area contributed by atoms with Gasteiger partial charge in [-0.1, -0.05) is 46.8 Å².